The van der Waals surface area contributed by atoms with Crippen molar-refractivity contribution in [3.05, 3.63) is 83.9 Å². The van der Waals surface area contributed by atoms with Gasteiger partial charge in [0.2, 0.25) is 5.91 Å². The first-order chi connectivity index (χ1) is 16.8. The summed E-state index contributed by atoms with van der Waals surface area (Å²) in [6.45, 7) is 3.23. The third-order valence-corrected chi connectivity index (χ3v) is 5.75. The molecule has 0 spiro atoms. The third-order valence-electron chi connectivity index (χ3n) is 5.75. The van der Waals surface area contributed by atoms with E-state index < -0.39 is 29.9 Å². The topological polar surface area (TPSA) is 97.0 Å². The number of anilines is 1. The van der Waals surface area contributed by atoms with Crippen LogP contribution in [0.5, 0.6) is 17.2 Å². The Balaban J connectivity index is 1.37. The number of benzene rings is 3. The highest BCUT2D eigenvalue weighted by molar-refractivity contribution is 6.10. The maximum atomic E-state index is 13.1. The Kier molecular flexibility index (Phi) is 6.73. The molecule has 3 aromatic rings. The average molecular weight is 474 g/mol. The Bertz CT molecular complexity index is 1260. The maximum absolute atomic E-state index is 13.1. The molecule has 0 aliphatic carbocycles. The van der Waals surface area contributed by atoms with Crippen molar-refractivity contribution >= 4 is 23.5 Å². The van der Waals surface area contributed by atoms with Crippen LogP contribution in [-0.2, 0) is 16.0 Å². The van der Waals surface area contributed by atoms with Crippen molar-refractivity contribution in [2.45, 2.75) is 25.8 Å². The Morgan fingerprint density at radius 1 is 1.00 bits per heavy atom. The molecular formula is C27H27N3O5. The van der Waals surface area contributed by atoms with Crippen LogP contribution in [0.1, 0.15) is 18.1 Å². The second-order valence-electron chi connectivity index (χ2n) is 8.63. The number of nitrogens with zero attached hydrogens (tertiary/aromatic N) is 1. The minimum Gasteiger partial charge on any atom is -0.496 e. The van der Waals surface area contributed by atoms with Gasteiger partial charge in [-0.2, -0.15) is 0 Å². The molecule has 35 heavy (non-hydrogen) atoms. The largest absolute Gasteiger partial charge is 0.496 e. The lowest BCUT2D eigenvalue weighted by molar-refractivity contribution is -0.133. The number of nitrogens with one attached hydrogen (secondary N) is 2. The number of ether oxygens (including phenoxy) is 2. The summed E-state index contributed by atoms with van der Waals surface area (Å²) in [6.07, 6.45) is 0.238. The second-order valence-corrected chi connectivity index (χ2v) is 8.63. The summed E-state index contributed by atoms with van der Waals surface area (Å²) in [4.78, 5) is 39.2. The highest BCUT2D eigenvalue weighted by atomic mass is 16.5. The highest BCUT2D eigenvalue weighted by Gasteiger charge is 2.48. The van der Waals surface area contributed by atoms with E-state index in [0.717, 1.165) is 21.8 Å². The average Bonchev–Trinajstić information content (AvgIpc) is 3.03. The number of hydrogen-bond donors (Lipinski definition) is 2. The lowest BCUT2D eigenvalue weighted by atomic mass is 9.92. The fourth-order valence-electron chi connectivity index (χ4n) is 4.01. The van der Waals surface area contributed by atoms with Gasteiger partial charge in [-0.1, -0.05) is 30.3 Å². The number of carbonyl (C=O) groups is 3. The molecule has 180 valence electrons. The molecule has 1 aliphatic heterocycles. The summed E-state index contributed by atoms with van der Waals surface area (Å²) in [6, 6.07) is 21.2. The van der Waals surface area contributed by atoms with Gasteiger partial charge in [-0.05, 0) is 67.4 Å². The van der Waals surface area contributed by atoms with Crippen LogP contribution in [-0.4, -0.2) is 41.9 Å². The third kappa shape index (κ3) is 5.43. The predicted octanol–water partition coefficient (Wildman–Crippen LogP) is 4.29. The molecule has 0 aromatic heterocycles. The number of imide groups is 1. The van der Waals surface area contributed by atoms with Crippen LogP contribution >= 0.6 is 0 Å². The Morgan fingerprint density at radius 3 is 2.46 bits per heavy atom. The van der Waals surface area contributed by atoms with Gasteiger partial charge in [0.25, 0.3) is 5.91 Å². The molecule has 4 rings (SSSR count). The number of carbonyl (C=O) groups excluding carboxylic acids is 3. The first kappa shape index (κ1) is 23.8. The maximum Gasteiger partial charge on any atom is 0.325 e. The van der Waals surface area contributed by atoms with E-state index in [1.54, 1.807) is 44.4 Å². The van der Waals surface area contributed by atoms with E-state index in [4.69, 9.17) is 9.47 Å². The fourth-order valence-corrected chi connectivity index (χ4v) is 4.01. The van der Waals surface area contributed by atoms with Crippen LogP contribution in [0.3, 0.4) is 0 Å². The summed E-state index contributed by atoms with van der Waals surface area (Å²) in [7, 11) is 1.55. The number of para-hydroxylation sites is 1. The van der Waals surface area contributed by atoms with E-state index in [2.05, 4.69) is 10.6 Å². The minimum atomic E-state index is -1.18. The molecule has 1 aliphatic rings. The van der Waals surface area contributed by atoms with Crippen LogP contribution in [0.15, 0.2) is 72.8 Å². The van der Waals surface area contributed by atoms with E-state index in [9.17, 15) is 14.4 Å². The molecule has 3 aromatic carbocycles. The van der Waals surface area contributed by atoms with Gasteiger partial charge in [0.15, 0.2) is 0 Å². The zero-order chi connectivity index (χ0) is 25.0. The molecule has 1 atom stereocenters. The van der Waals surface area contributed by atoms with Crippen LogP contribution in [0.4, 0.5) is 10.5 Å². The number of rotatable bonds is 8. The molecule has 1 heterocycles. The molecule has 4 amide bonds. The Morgan fingerprint density at radius 2 is 1.74 bits per heavy atom. The number of methoxy groups -OCH3 is 1. The number of amides is 4. The number of urea groups is 1. The molecule has 8 heteroatoms. The van der Waals surface area contributed by atoms with Crippen LogP contribution < -0.4 is 20.1 Å². The van der Waals surface area contributed by atoms with Crippen LogP contribution in [0, 0.1) is 6.92 Å². The fraction of sp³-hybridized carbons (Fsp3) is 0.222. The monoisotopic (exact) mass is 473 g/mol. The van der Waals surface area contributed by atoms with E-state index in [1.165, 1.54) is 0 Å². The van der Waals surface area contributed by atoms with E-state index in [1.807, 2.05) is 49.4 Å². The minimum absolute atomic E-state index is 0.238. The quantitative estimate of drug-likeness (QED) is 0.476. The normalized spacial score (nSPS) is 17.2. The van der Waals surface area contributed by atoms with Gasteiger partial charge >= 0.3 is 6.03 Å². The molecule has 0 bridgehead atoms. The molecule has 1 fully saturated rings. The molecule has 8 nitrogen and oxygen atoms in total. The van der Waals surface area contributed by atoms with Gasteiger partial charge in [0.1, 0.15) is 29.3 Å². The molecule has 1 saturated heterocycles. The van der Waals surface area contributed by atoms with Gasteiger partial charge in [0.05, 0.1) is 7.11 Å². The van der Waals surface area contributed by atoms with Crippen molar-refractivity contribution in [1.29, 1.82) is 0 Å². The van der Waals surface area contributed by atoms with E-state index in [-0.39, 0.29) is 6.42 Å². The van der Waals surface area contributed by atoms with Gasteiger partial charge < -0.3 is 20.1 Å². The van der Waals surface area contributed by atoms with Gasteiger partial charge in [0, 0.05) is 12.1 Å². The Hall–Kier alpha value is -4.33. The summed E-state index contributed by atoms with van der Waals surface area (Å²) in [5.41, 5.74) is 1.22. The molecule has 0 saturated carbocycles. The number of aryl methyl sites for hydroxylation is 1. The predicted molar refractivity (Wildman–Crippen MR) is 132 cm³/mol. The first-order valence-electron chi connectivity index (χ1n) is 11.2. The number of hydrogen-bond acceptors (Lipinski definition) is 5. The summed E-state index contributed by atoms with van der Waals surface area (Å²) in [5, 5.41) is 5.44. The zero-order valence-corrected chi connectivity index (χ0v) is 19.8. The molecule has 0 radical (unpaired) electrons. The zero-order valence-electron chi connectivity index (χ0n) is 19.8. The highest BCUT2D eigenvalue weighted by Crippen LogP contribution is 2.28. The van der Waals surface area contributed by atoms with Crippen molar-refractivity contribution < 1.29 is 23.9 Å². The SMILES string of the molecule is COc1ccccc1C[C@]1(C)NC(=O)N(CC(=O)Nc2ccc(Oc3cccc(C)c3)cc2)C1=O. The van der Waals surface area contributed by atoms with Gasteiger partial charge in [-0.25, -0.2) is 4.79 Å². The smallest absolute Gasteiger partial charge is 0.325 e. The van der Waals surface area contributed by atoms with E-state index >= 15 is 0 Å². The molecule has 0 unspecified atom stereocenters. The van der Waals surface area contributed by atoms with Crippen molar-refractivity contribution in [1.82, 2.24) is 10.2 Å². The van der Waals surface area contributed by atoms with E-state index in [0.29, 0.717) is 17.2 Å². The van der Waals surface area contributed by atoms with Gasteiger partial charge in [-0.3, -0.25) is 14.5 Å². The summed E-state index contributed by atoms with van der Waals surface area (Å²) < 4.78 is 11.2. The summed E-state index contributed by atoms with van der Waals surface area (Å²) in [5.74, 6) is 1.01. The first-order valence-corrected chi connectivity index (χ1v) is 11.2. The van der Waals surface area contributed by atoms with Gasteiger partial charge in [-0.15, -0.1) is 0 Å². The van der Waals surface area contributed by atoms with Crippen molar-refractivity contribution in [3.63, 3.8) is 0 Å². The second kappa shape index (κ2) is 9.89. The van der Waals surface area contributed by atoms with Crippen molar-refractivity contribution in [2.24, 2.45) is 0 Å². The molecule has 2 N–H and O–H groups in total. The standard InChI is InChI=1S/C27H27N3O5/c1-18-7-6-9-22(15-18)35-21-13-11-20(12-14-21)28-24(31)17-30-25(32)27(2,29-26(30)33)16-19-8-4-5-10-23(19)34-3/h4-15H,16-17H2,1-3H3,(H,28,31)(H,29,33)/t27-/m0/s1. The van der Waals surface area contributed by atoms with Crippen molar-refractivity contribution in [2.75, 3.05) is 19.0 Å². The lowest BCUT2D eigenvalue weighted by Gasteiger charge is -2.22. The van der Waals surface area contributed by atoms with Crippen LogP contribution in [0.2, 0.25) is 0 Å². The summed E-state index contributed by atoms with van der Waals surface area (Å²) >= 11 is 0. The Labute approximate surface area is 203 Å². The van der Waals surface area contributed by atoms with Crippen molar-refractivity contribution in [3.8, 4) is 17.2 Å². The molecular weight excluding hydrogens is 446 g/mol. The van der Waals surface area contributed by atoms with Crippen LogP contribution in [0.25, 0.3) is 0 Å². The lowest BCUT2D eigenvalue weighted by Crippen LogP contribution is -2.46.